The highest BCUT2D eigenvalue weighted by Crippen LogP contribution is 2.29. The molecule has 0 aliphatic carbocycles. The van der Waals surface area contributed by atoms with Gasteiger partial charge in [0.2, 0.25) is 0 Å². The van der Waals surface area contributed by atoms with Gasteiger partial charge in [-0.1, -0.05) is 23.4 Å². The van der Waals surface area contributed by atoms with Gasteiger partial charge in [-0.2, -0.15) is 0 Å². The molecule has 1 aromatic heterocycles. The summed E-state index contributed by atoms with van der Waals surface area (Å²) < 4.78 is 0. The van der Waals surface area contributed by atoms with Crippen LogP contribution in [0.3, 0.4) is 0 Å². The monoisotopic (exact) mass is 288 g/mol. The van der Waals surface area contributed by atoms with Gasteiger partial charge in [-0.15, -0.1) is 0 Å². The van der Waals surface area contributed by atoms with Gasteiger partial charge in [-0.25, -0.2) is 0 Å². The third-order valence-electron chi connectivity index (χ3n) is 3.41. The van der Waals surface area contributed by atoms with E-state index in [4.69, 9.17) is 16.0 Å². The molecular weight excluding hydrogens is 268 g/mol. The Hall–Kier alpha value is -2.34. The summed E-state index contributed by atoms with van der Waals surface area (Å²) in [6.07, 6.45) is 2.27. The maximum absolute atomic E-state index is 9.07. The van der Waals surface area contributed by atoms with E-state index in [2.05, 4.69) is 15.0 Å². The standard InChI is InChI=1S/C15H20N4O2/c1-2-19(8-5-9-20)14-11-6-3-4-7-13(11)17-10-12(14)15(16)18-21/h3-4,6-7,10,20-21H,2,5,8-9H2,1H3,(H2,16,18). The average molecular weight is 288 g/mol. The van der Waals surface area contributed by atoms with E-state index in [1.807, 2.05) is 31.2 Å². The molecule has 6 nitrogen and oxygen atoms in total. The minimum absolute atomic E-state index is 0.0331. The first kappa shape index (κ1) is 15.1. The predicted molar refractivity (Wildman–Crippen MR) is 83.8 cm³/mol. The Morgan fingerprint density at radius 1 is 1.38 bits per heavy atom. The minimum atomic E-state index is 0.0331. The summed E-state index contributed by atoms with van der Waals surface area (Å²) in [5.74, 6) is 0.0331. The molecule has 0 bridgehead atoms. The fourth-order valence-corrected chi connectivity index (χ4v) is 2.40. The molecule has 1 aromatic carbocycles. The number of nitrogens with zero attached hydrogens (tertiary/aromatic N) is 3. The second kappa shape index (κ2) is 6.90. The maximum atomic E-state index is 9.07. The van der Waals surface area contributed by atoms with Gasteiger partial charge in [0.05, 0.1) is 16.8 Å². The van der Waals surface area contributed by atoms with Crippen LogP contribution in [0.4, 0.5) is 5.69 Å². The lowest BCUT2D eigenvalue weighted by Gasteiger charge is -2.26. The molecular formula is C15H20N4O2. The fraction of sp³-hybridized carbons (Fsp3) is 0.333. The number of pyridine rings is 1. The summed E-state index contributed by atoms with van der Waals surface area (Å²) in [6, 6.07) is 7.75. The average Bonchev–Trinajstić information content (AvgIpc) is 2.54. The van der Waals surface area contributed by atoms with Crippen molar-refractivity contribution in [1.82, 2.24) is 4.98 Å². The Labute approximate surface area is 123 Å². The molecule has 0 spiro atoms. The van der Waals surface area contributed by atoms with Crippen LogP contribution < -0.4 is 10.6 Å². The van der Waals surface area contributed by atoms with Crippen LogP contribution in [0.1, 0.15) is 18.9 Å². The van der Waals surface area contributed by atoms with Crippen molar-refractivity contribution in [2.24, 2.45) is 10.9 Å². The van der Waals surface area contributed by atoms with Gasteiger partial charge in [0.25, 0.3) is 0 Å². The van der Waals surface area contributed by atoms with Crippen molar-refractivity contribution in [3.05, 3.63) is 36.0 Å². The lowest BCUT2D eigenvalue weighted by Crippen LogP contribution is -2.28. The molecule has 0 unspecified atom stereocenters. The highest BCUT2D eigenvalue weighted by Gasteiger charge is 2.17. The Kier molecular flexibility index (Phi) is 4.94. The van der Waals surface area contributed by atoms with E-state index < -0.39 is 0 Å². The molecule has 0 fully saturated rings. The number of para-hydroxylation sites is 1. The molecule has 0 atom stereocenters. The number of hydrogen-bond acceptors (Lipinski definition) is 5. The van der Waals surface area contributed by atoms with E-state index in [1.54, 1.807) is 6.20 Å². The molecule has 0 radical (unpaired) electrons. The van der Waals surface area contributed by atoms with Gasteiger partial charge >= 0.3 is 0 Å². The van der Waals surface area contributed by atoms with Crippen LogP contribution in [0.25, 0.3) is 10.9 Å². The molecule has 0 aliphatic heterocycles. The number of aliphatic hydroxyl groups excluding tert-OH is 1. The SMILES string of the molecule is CCN(CCCO)c1c(/C(N)=N/O)cnc2ccccc12. The van der Waals surface area contributed by atoms with Crippen LogP contribution in [0, 0.1) is 0 Å². The summed E-state index contributed by atoms with van der Waals surface area (Å²) in [5.41, 5.74) is 8.12. The Bertz CT molecular complexity index is 643. The van der Waals surface area contributed by atoms with Crippen molar-refractivity contribution in [1.29, 1.82) is 0 Å². The normalized spacial score (nSPS) is 11.8. The molecule has 2 aromatic rings. The van der Waals surface area contributed by atoms with E-state index in [1.165, 1.54) is 0 Å². The highest BCUT2D eigenvalue weighted by atomic mass is 16.4. The second-order valence-electron chi connectivity index (χ2n) is 4.68. The number of amidine groups is 1. The van der Waals surface area contributed by atoms with Crippen LogP contribution >= 0.6 is 0 Å². The predicted octanol–water partition coefficient (Wildman–Crippen LogP) is 1.54. The third-order valence-corrected chi connectivity index (χ3v) is 3.41. The maximum Gasteiger partial charge on any atom is 0.173 e. The topological polar surface area (TPSA) is 95.0 Å². The zero-order chi connectivity index (χ0) is 15.2. The van der Waals surface area contributed by atoms with Crippen molar-refractivity contribution in [3.8, 4) is 0 Å². The van der Waals surface area contributed by atoms with Crippen LogP contribution in [0.5, 0.6) is 0 Å². The van der Waals surface area contributed by atoms with Gasteiger partial charge < -0.3 is 20.9 Å². The fourth-order valence-electron chi connectivity index (χ4n) is 2.40. The third kappa shape index (κ3) is 3.05. The smallest absolute Gasteiger partial charge is 0.173 e. The number of rotatable bonds is 6. The number of anilines is 1. The molecule has 6 heteroatoms. The summed E-state index contributed by atoms with van der Waals surface area (Å²) in [5, 5.41) is 22.1. The minimum Gasteiger partial charge on any atom is -0.409 e. The summed E-state index contributed by atoms with van der Waals surface area (Å²) in [6.45, 7) is 3.59. The van der Waals surface area contributed by atoms with Gasteiger partial charge in [0.1, 0.15) is 0 Å². The van der Waals surface area contributed by atoms with Gasteiger partial charge in [-0.05, 0) is 19.4 Å². The summed E-state index contributed by atoms with van der Waals surface area (Å²) in [4.78, 5) is 6.46. The van der Waals surface area contributed by atoms with Crippen LogP contribution in [-0.2, 0) is 0 Å². The van der Waals surface area contributed by atoms with Crippen molar-refractivity contribution in [3.63, 3.8) is 0 Å². The van der Waals surface area contributed by atoms with Gasteiger partial charge in [-0.3, -0.25) is 4.98 Å². The Morgan fingerprint density at radius 3 is 2.81 bits per heavy atom. The van der Waals surface area contributed by atoms with Crippen LogP contribution in [0.2, 0.25) is 0 Å². The quantitative estimate of drug-likeness (QED) is 0.324. The zero-order valence-electron chi connectivity index (χ0n) is 12.0. The molecule has 0 aliphatic rings. The van der Waals surface area contributed by atoms with E-state index >= 15 is 0 Å². The summed E-state index contributed by atoms with van der Waals surface area (Å²) in [7, 11) is 0. The first-order valence-electron chi connectivity index (χ1n) is 6.94. The van der Waals surface area contributed by atoms with E-state index in [-0.39, 0.29) is 12.4 Å². The molecule has 0 saturated heterocycles. The van der Waals surface area contributed by atoms with Crippen molar-refractivity contribution >= 4 is 22.4 Å². The molecule has 2 rings (SSSR count). The van der Waals surface area contributed by atoms with E-state index in [0.29, 0.717) is 18.5 Å². The molecule has 21 heavy (non-hydrogen) atoms. The van der Waals surface area contributed by atoms with Gasteiger partial charge in [0.15, 0.2) is 5.84 Å². The van der Waals surface area contributed by atoms with Crippen molar-refractivity contribution in [2.45, 2.75) is 13.3 Å². The van der Waals surface area contributed by atoms with E-state index in [9.17, 15) is 0 Å². The molecule has 0 saturated carbocycles. The number of oxime groups is 1. The molecule has 4 N–H and O–H groups in total. The highest BCUT2D eigenvalue weighted by molar-refractivity contribution is 6.08. The Morgan fingerprint density at radius 2 is 2.14 bits per heavy atom. The molecule has 1 heterocycles. The number of nitrogens with two attached hydrogens (primary N) is 1. The molecule has 0 amide bonds. The number of benzene rings is 1. The van der Waals surface area contributed by atoms with E-state index in [0.717, 1.165) is 23.1 Å². The number of fused-ring (bicyclic) bond motifs is 1. The first-order chi connectivity index (χ1) is 10.2. The van der Waals surface area contributed by atoms with Crippen molar-refractivity contribution < 1.29 is 10.3 Å². The summed E-state index contributed by atoms with van der Waals surface area (Å²) >= 11 is 0. The number of aliphatic hydroxyl groups is 1. The van der Waals surface area contributed by atoms with Crippen LogP contribution in [0.15, 0.2) is 35.6 Å². The van der Waals surface area contributed by atoms with Crippen molar-refractivity contribution in [2.75, 3.05) is 24.6 Å². The lowest BCUT2D eigenvalue weighted by atomic mass is 10.1. The second-order valence-corrected chi connectivity index (χ2v) is 4.68. The largest absolute Gasteiger partial charge is 0.409 e. The first-order valence-corrected chi connectivity index (χ1v) is 6.94. The van der Waals surface area contributed by atoms with Gasteiger partial charge in [0, 0.05) is 31.3 Å². The molecule has 112 valence electrons. The van der Waals surface area contributed by atoms with Crippen LogP contribution in [-0.4, -0.2) is 40.8 Å². The Balaban J connectivity index is 2.65. The lowest BCUT2D eigenvalue weighted by molar-refractivity contribution is 0.289. The zero-order valence-corrected chi connectivity index (χ0v) is 12.0. The number of hydrogen-bond donors (Lipinski definition) is 3. The number of aromatic nitrogens is 1.